The molecule has 0 heterocycles. The van der Waals surface area contributed by atoms with Crippen LogP contribution in [0.4, 0.5) is 0 Å². The zero-order chi connectivity index (χ0) is 33.7. The Bertz CT molecular complexity index is 857. The predicted molar refractivity (Wildman–Crippen MR) is 189 cm³/mol. The zero-order valence-electron chi connectivity index (χ0n) is 31.5. The summed E-state index contributed by atoms with van der Waals surface area (Å²) in [5.41, 5.74) is -0.361. The number of ether oxygens (including phenoxy) is 1. The lowest BCUT2D eigenvalue weighted by molar-refractivity contribution is -0.141. The van der Waals surface area contributed by atoms with Crippen molar-refractivity contribution < 1.29 is 23.5 Å². The fourth-order valence-electron chi connectivity index (χ4n) is 5.67. The lowest BCUT2D eigenvalue weighted by atomic mass is 9.73. The van der Waals surface area contributed by atoms with E-state index in [4.69, 9.17) is 13.6 Å². The minimum Gasteiger partial charge on any atom is -0.417 e. The third-order valence-corrected chi connectivity index (χ3v) is 20.8. The molecule has 0 aliphatic heterocycles. The molecule has 7 heteroatoms. The van der Waals surface area contributed by atoms with Crippen LogP contribution >= 0.6 is 0 Å². The van der Waals surface area contributed by atoms with Gasteiger partial charge in [-0.2, -0.15) is 0 Å². The quantitative estimate of drug-likeness (QED) is 0.106. The second-order valence-electron chi connectivity index (χ2n) is 18.0. The van der Waals surface area contributed by atoms with Crippen molar-refractivity contribution in [2.45, 2.75) is 177 Å². The topological polar surface area (TPSA) is 65.0 Å². The van der Waals surface area contributed by atoms with Crippen molar-refractivity contribution in [3.05, 3.63) is 0 Å². The van der Waals surface area contributed by atoms with Gasteiger partial charge in [-0.3, -0.25) is 4.79 Å². The molecule has 0 aromatic carbocycles. The van der Waals surface area contributed by atoms with Crippen molar-refractivity contribution in [1.29, 1.82) is 0 Å². The first-order chi connectivity index (χ1) is 19.3. The van der Waals surface area contributed by atoms with Gasteiger partial charge in [-0.15, -0.1) is 0 Å². The van der Waals surface area contributed by atoms with Gasteiger partial charge < -0.3 is 18.7 Å². The average molecular weight is 643 g/mol. The lowest BCUT2D eigenvalue weighted by Gasteiger charge is -2.45. The molecule has 1 aliphatic rings. The van der Waals surface area contributed by atoms with E-state index in [2.05, 4.69) is 88.5 Å². The van der Waals surface area contributed by atoms with Crippen molar-refractivity contribution in [1.82, 2.24) is 0 Å². The van der Waals surface area contributed by atoms with Crippen LogP contribution in [0.5, 0.6) is 0 Å². The van der Waals surface area contributed by atoms with E-state index in [0.717, 1.165) is 38.9 Å². The summed E-state index contributed by atoms with van der Waals surface area (Å²) in [5.74, 6) is 0.386. The van der Waals surface area contributed by atoms with E-state index in [0.29, 0.717) is 24.4 Å². The molecule has 43 heavy (non-hydrogen) atoms. The molecule has 1 N–H and O–H groups in total. The van der Waals surface area contributed by atoms with Crippen LogP contribution in [0.2, 0.25) is 36.3 Å². The normalized spacial score (nSPS) is 23.1. The Hall–Kier alpha value is -0.0562. The Balaban J connectivity index is 2.89. The number of carbonyl (C=O) groups is 1. The standard InChI is InChI=1S/C36H74O5Si2/c1-17-18-23-39-26-29-25-36(29,12)22-19-20-27(2)31(37)28(3)32(38)35(10,11)30(41-43(15,16)34(7,8)9)21-24-40-42(13,14)33(4,5)6/h27-31,37H,17-26H2,1-16H3/t27-,28+,29?,30-,31-,36-/m0/s1. The molecule has 1 rings (SSSR count). The van der Waals surface area contributed by atoms with Gasteiger partial charge in [0, 0.05) is 31.2 Å². The van der Waals surface area contributed by atoms with Crippen LogP contribution in [0, 0.1) is 28.6 Å². The number of Topliss-reactive ketones (excluding diaryl/α,β-unsaturated/α-hetero) is 1. The fourth-order valence-corrected chi connectivity index (χ4v) is 8.21. The number of carbonyl (C=O) groups excluding carboxylic acids is 1. The highest BCUT2D eigenvalue weighted by molar-refractivity contribution is 6.74. The highest BCUT2D eigenvalue weighted by atomic mass is 28.4. The smallest absolute Gasteiger partial charge is 0.192 e. The molecule has 0 amide bonds. The number of rotatable bonds is 20. The van der Waals surface area contributed by atoms with Gasteiger partial charge >= 0.3 is 0 Å². The van der Waals surface area contributed by atoms with Crippen LogP contribution in [0.1, 0.15) is 128 Å². The second-order valence-corrected chi connectivity index (χ2v) is 27.5. The van der Waals surface area contributed by atoms with E-state index in [1.54, 1.807) is 0 Å². The maximum atomic E-state index is 14.2. The number of hydrogen-bond acceptors (Lipinski definition) is 5. The van der Waals surface area contributed by atoms with Gasteiger partial charge in [0.05, 0.1) is 12.2 Å². The number of unbranched alkanes of at least 4 members (excludes halogenated alkanes) is 1. The second kappa shape index (κ2) is 15.7. The van der Waals surface area contributed by atoms with Crippen LogP contribution in [-0.2, 0) is 18.4 Å². The summed E-state index contributed by atoms with van der Waals surface area (Å²) in [7, 11) is -4.08. The fraction of sp³-hybridized carbons (Fsp3) is 0.972. The van der Waals surface area contributed by atoms with Crippen molar-refractivity contribution in [3.63, 3.8) is 0 Å². The molecule has 1 fully saturated rings. The molecule has 0 radical (unpaired) electrons. The molecule has 1 unspecified atom stereocenters. The van der Waals surface area contributed by atoms with Gasteiger partial charge in [-0.05, 0) is 85.6 Å². The largest absolute Gasteiger partial charge is 0.417 e. The lowest BCUT2D eigenvalue weighted by Crippen LogP contribution is -2.52. The average Bonchev–Trinajstić information content (AvgIpc) is 3.51. The molecule has 0 aromatic heterocycles. The van der Waals surface area contributed by atoms with E-state index >= 15 is 0 Å². The van der Waals surface area contributed by atoms with Gasteiger partial charge in [-0.25, -0.2) is 0 Å². The predicted octanol–water partition coefficient (Wildman–Crippen LogP) is 10.0. The number of aliphatic hydroxyl groups excluding tert-OH is 1. The first-order valence-electron chi connectivity index (χ1n) is 17.5. The molecule has 5 nitrogen and oxygen atoms in total. The molecule has 0 spiro atoms. The van der Waals surface area contributed by atoms with E-state index in [1.165, 1.54) is 12.8 Å². The summed E-state index contributed by atoms with van der Waals surface area (Å²) >= 11 is 0. The molecule has 256 valence electrons. The number of aliphatic hydroxyl groups is 1. The summed E-state index contributed by atoms with van der Waals surface area (Å²) in [5, 5.41) is 11.6. The van der Waals surface area contributed by atoms with Gasteiger partial charge in [0.15, 0.2) is 16.6 Å². The van der Waals surface area contributed by atoms with Crippen molar-refractivity contribution in [2.75, 3.05) is 19.8 Å². The van der Waals surface area contributed by atoms with Crippen molar-refractivity contribution in [3.8, 4) is 0 Å². The Kier molecular flexibility index (Phi) is 14.9. The van der Waals surface area contributed by atoms with Crippen LogP contribution < -0.4 is 0 Å². The van der Waals surface area contributed by atoms with Gasteiger partial charge in [0.25, 0.3) is 0 Å². The Labute approximate surface area is 270 Å². The first kappa shape index (κ1) is 41.0. The molecule has 6 atom stereocenters. The Morgan fingerprint density at radius 1 is 0.907 bits per heavy atom. The minimum absolute atomic E-state index is 0.0309. The Morgan fingerprint density at radius 3 is 1.98 bits per heavy atom. The summed E-state index contributed by atoms with van der Waals surface area (Å²) in [6.45, 7) is 37.6. The molecule has 0 saturated heterocycles. The molecular formula is C36H74O5Si2. The third-order valence-electron chi connectivity index (χ3n) is 11.7. The van der Waals surface area contributed by atoms with Crippen LogP contribution in [0.15, 0.2) is 0 Å². The minimum atomic E-state index is -2.16. The van der Waals surface area contributed by atoms with E-state index in [-0.39, 0.29) is 27.9 Å². The van der Waals surface area contributed by atoms with Crippen molar-refractivity contribution in [2.24, 2.45) is 28.6 Å². The summed E-state index contributed by atoms with van der Waals surface area (Å²) in [6, 6.07) is 0. The van der Waals surface area contributed by atoms with Gasteiger partial charge in [-0.1, -0.05) is 95.9 Å². The van der Waals surface area contributed by atoms with Crippen molar-refractivity contribution >= 4 is 22.4 Å². The van der Waals surface area contributed by atoms with Gasteiger partial charge in [0.2, 0.25) is 0 Å². The molecule has 1 aliphatic carbocycles. The molecule has 0 bridgehead atoms. The van der Waals surface area contributed by atoms with E-state index < -0.39 is 34.1 Å². The highest BCUT2D eigenvalue weighted by Gasteiger charge is 2.50. The number of hydrogen-bond donors (Lipinski definition) is 1. The SMILES string of the molecule is CCCCOCC1C[C@]1(C)CCC[C@H](C)[C@H](O)[C@@H](C)C(=O)C(C)(C)[C@H](CCO[Si](C)(C)C(C)(C)C)O[Si](C)(C)C(C)(C)C. The summed E-state index contributed by atoms with van der Waals surface area (Å²) < 4.78 is 19.5. The van der Waals surface area contributed by atoms with Crippen LogP contribution in [-0.4, -0.2) is 59.6 Å². The molecule has 1 saturated carbocycles. The maximum absolute atomic E-state index is 14.2. The van der Waals surface area contributed by atoms with E-state index in [9.17, 15) is 9.90 Å². The highest BCUT2D eigenvalue weighted by Crippen LogP contribution is 2.56. The maximum Gasteiger partial charge on any atom is 0.192 e. The van der Waals surface area contributed by atoms with Gasteiger partial charge in [0.1, 0.15) is 5.78 Å². The monoisotopic (exact) mass is 643 g/mol. The summed E-state index contributed by atoms with van der Waals surface area (Å²) in [6.07, 6.45) is 6.49. The molecule has 0 aromatic rings. The van der Waals surface area contributed by atoms with E-state index in [1.807, 2.05) is 20.8 Å². The molecular weight excluding hydrogens is 569 g/mol. The van der Waals surface area contributed by atoms with Crippen LogP contribution in [0.3, 0.4) is 0 Å². The first-order valence-corrected chi connectivity index (χ1v) is 23.3. The summed E-state index contributed by atoms with van der Waals surface area (Å²) in [4.78, 5) is 14.2. The Morgan fingerprint density at radius 2 is 1.47 bits per heavy atom. The number of ketones is 1. The zero-order valence-corrected chi connectivity index (χ0v) is 33.5. The van der Waals surface area contributed by atoms with Crippen LogP contribution in [0.25, 0.3) is 0 Å². The third kappa shape index (κ3) is 11.6.